The van der Waals surface area contributed by atoms with E-state index in [1.807, 2.05) is 6.92 Å². The van der Waals surface area contributed by atoms with E-state index in [0.29, 0.717) is 19.2 Å². The summed E-state index contributed by atoms with van der Waals surface area (Å²) in [7, 11) is 1.64. The lowest BCUT2D eigenvalue weighted by Gasteiger charge is -2.16. The Morgan fingerprint density at radius 1 is 1.24 bits per heavy atom. The molecule has 2 N–H and O–H groups in total. The van der Waals surface area contributed by atoms with Crippen LogP contribution in [0.15, 0.2) is 0 Å². The Bertz CT molecular complexity index is 198. The Morgan fingerprint density at radius 2 is 1.94 bits per heavy atom. The molecule has 0 heterocycles. The fourth-order valence-electron chi connectivity index (χ4n) is 1.69. The van der Waals surface area contributed by atoms with E-state index in [-0.39, 0.29) is 11.9 Å². The molecule has 2 atom stereocenters. The Hall–Kier alpha value is -0.610. The number of hydrogen-bond donors (Lipinski definition) is 2. The molecule has 0 rings (SSSR count). The molecule has 0 aliphatic carbocycles. The van der Waals surface area contributed by atoms with Gasteiger partial charge < -0.3 is 15.4 Å². The van der Waals surface area contributed by atoms with Crippen molar-refractivity contribution in [3.05, 3.63) is 0 Å². The highest BCUT2D eigenvalue weighted by atomic mass is 16.5. The topological polar surface area (TPSA) is 50.4 Å². The van der Waals surface area contributed by atoms with E-state index in [9.17, 15) is 4.79 Å². The van der Waals surface area contributed by atoms with Crippen LogP contribution < -0.4 is 10.6 Å². The monoisotopic (exact) mass is 244 g/mol. The van der Waals surface area contributed by atoms with Crippen LogP contribution in [0.5, 0.6) is 0 Å². The Morgan fingerprint density at radius 3 is 2.53 bits per heavy atom. The number of carbonyl (C=O) groups is 1. The van der Waals surface area contributed by atoms with E-state index in [1.54, 1.807) is 7.11 Å². The summed E-state index contributed by atoms with van der Waals surface area (Å²) in [5, 5.41) is 6.11. The van der Waals surface area contributed by atoms with E-state index in [4.69, 9.17) is 4.74 Å². The minimum Gasteiger partial charge on any atom is -0.383 e. The van der Waals surface area contributed by atoms with Crippen molar-refractivity contribution in [2.24, 2.45) is 0 Å². The van der Waals surface area contributed by atoms with Crippen molar-refractivity contribution in [3.8, 4) is 0 Å². The quantitative estimate of drug-likeness (QED) is 0.575. The molecule has 0 saturated heterocycles. The van der Waals surface area contributed by atoms with Gasteiger partial charge in [0, 0.05) is 19.2 Å². The second kappa shape index (κ2) is 10.5. The Balaban J connectivity index is 3.54. The summed E-state index contributed by atoms with van der Waals surface area (Å²) in [6, 6.07) is 0.481. The van der Waals surface area contributed by atoms with Crippen LogP contribution in [0.2, 0.25) is 0 Å². The van der Waals surface area contributed by atoms with Gasteiger partial charge >= 0.3 is 0 Å². The molecule has 0 saturated carbocycles. The molecule has 0 aliphatic rings. The highest BCUT2D eigenvalue weighted by Gasteiger charge is 2.08. The molecule has 0 radical (unpaired) electrons. The molecule has 1 amide bonds. The van der Waals surface area contributed by atoms with Crippen molar-refractivity contribution < 1.29 is 9.53 Å². The van der Waals surface area contributed by atoms with Gasteiger partial charge in [0.05, 0.1) is 13.2 Å². The minimum absolute atomic E-state index is 0.0388. The summed E-state index contributed by atoms with van der Waals surface area (Å²) in [5.41, 5.74) is 0. The maximum atomic E-state index is 11.5. The number of rotatable bonds is 10. The summed E-state index contributed by atoms with van der Waals surface area (Å²) in [4.78, 5) is 11.5. The van der Waals surface area contributed by atoms with Crippen LogP contribution in [0.3, 0.4) is 0 Å². The molecule has 0 aromatic rings. The first kappa shape index (κ1) is 16.4. The number of methoxy groups -OCH3 is 1. The number of ether oxygens (including phenoxy) is 1. The van der Waals surface area contributed by atoms with Gasteiger partial charge in [-0.2, -0.15) is 0 Å². The third-order valence-corrected chi connectivity index (χ3v) is 2.68. The maximum Gasteiger partial charge on any atom is 0.234 e. The second-order valence-electron chi connectivity index (χ2n) is 4.70. The standard InChI is InChI=1S/C13H28N2O2/c1-5-6-7-8-11(2)14-9-13(16)15-12(3)10-17-4/h11-12,14H,5-10H2,1-4H3,(H,15,16). The molecular formula is C13H28N2O2. The smallest absolute Gasteiger partial charge is 0.234 e. The van der Waals surface area contributed by atoms with Crippen LogP contribution in [0.25, 0.3) is 0 Å². The lowest BCUT2D eigenvalue weighted by atomic mass is 10.1. The molecule has 4 heteroatoms. The van der Waals surface area contributed by atoms with E-state index < -0.39 is 0 Å². The molecule has 102 valence electrons. The van der Waals surface area contributed by atoms with Gasteiger partial charge in [-0.05, 0) is 20.3 Å². The Kier molecular flexibility index (Phi) is 10.2. The lowest BCUT2D eigenvalue weighted by Crippen LogP contribution is -2.43. The highest BCUT2D eigenvalue weighted by Crippen LogP contribution is 2.02. The summed E-state index contributed by atoms with van der Waals surface area (Å²) in [6.07, 6.45) is 4.87. The van der Waals surface area contributed by atoms with Crippen molar-refractivity contribution in [1.82, 2.24) is 10.6 Å². The van der Waals surface area contributed by atoms with Crippen molar-refractivity contribution in [3.63, 3.8) is 0 Å². The molecule has 0 bridgehead atoms. The number of nitrogens with one attached hydrogen (secondary N) is 2. The number of carbonyl (C=O) groups excluding carboxylic acids is 1. The third-order valence-electron chi connectivity index (χ3n) is 2.68. The van der Waals surface area contributed by atoms with Gasteiger partial charge in [0.25, 0.3) is 0 Å². The molecule has 4 nitrogen and oxygen atoms in total. The summed E-state index contributed by atoms with van der Waals surface area (Å²) in [5.74, 6) is 0.0388. The first-order valence-electron chi connectivity index (χ1n) is 6.61. The summed E-state index contributed by atoms with van der Waals surface area (Å²) >= 11 is 0. The van der Waals surface area contributed by atoms with Crippen molar-refractivity contribution in [2.75, 3.05) is 20.3 Å². The molecular weight excluding hydrogens is 216 g/mol. The molecule has 0 aromatic heterocycles. The normalized spacial score (nSPS) is 14.4. The van der Waals surface area contributed by atoms with Gasteiger partial charge in [0.1, 0.15) is 0 Å². The lowest BCUT2D eigenvalue weighted by molar-refractivity contribution is -0.121. The van der Waals surface area contributed by atoms with Crippen molar-refractivity contribution in [2.45, 2.75) is 58.5 Å². The molecule has 0 aliphatic heterocycles. The van der Waals surface area contributed by atoms with Crippen LogP contribution in [0, 0.1) is 0 Å². The molecule has 0 fully saturated rings. The fraction of sp³-hybridized carbons (Fsp3) is 0.923. The summed E-state index contributed by atoms with van der Waals surface area (Å²) in [6.45, 7) is 7.20. The zero-order valence-corrected chi connectivity index (χ0v) is 11.7. The third kappa shape index (κ3) is 10.3. The van der Waals surface area contributed by atoms with Gasteiger partial charge in [-0.25, -0.2) is 0 Å². The predicted molar refractivity (Wildman–Crippen MR) is 71.1 cm³/mol. The van der Waals surface area contributed by atoms with Gasteiger partial charge in [-0.1, -0.05) is 26.2 Å². The summed E-state index contributed by atoms with van der Waals surface area (Å²) < 4.78 is 4.96. The van der Waals surface area contributed by atoms with Crippen LogP contribution in [0.1, 0.15) is 46.5 Å². The van der Waals surface area contributed by atoms with Crippen molar-refractivity contribution in [1.29, 1.82) is 0 Å². The average molecular weight is 244 g/mol. The van der Waals surface area contributed by atoms with Crippen LogP contribution in [0.4, 0.5) is 0 Å². The van der Waals surface area contributed by atoms with Gasteiger partial charge in [-0.15, -0.1) is 0 Å². The van der Waals surface area contributed by atoms with Crippen LogP contribution in [-0.4, -0.2) is 38.3 Å². The largest absolute Gasteiger partial charge is 0.383 e. The molecule has 0 aromatic carbocycles. The highest BCUT2D eigenvalue weighted by molar-refractivity contribution is 5.78. The van der Waals surface area contributed by atoms with Gasteiger partial charge in [0.15, 0.2) is 0 Å². The molecule has 2 unspecified atom stereocenters. The first-order valence-corrected chi connectivity index (χ1v) is 6.61. The number of unbranched alkanes of at least 4 members (excludes halogenated alkanes) is 2. The zero-order valence-electron chi connectivity index (χ0n) is 11.7. The SMILES string of the molecule is CCCCCC(C)NCC(=O)NC(C)COC. The van der Waals surface area contributed by atoms with Gasteiger partial charge in [0.2, 0.25) is 5.91 Å². The minimum atomic E-state index is 0.0388. The maximum absolute atomic E-state index is 11.5. The number of amides is 1. The van der Waals surface area contributed by atoms with E-state index in [1.165, 1.54) is 19.3 Å². The van der Waals surface area contributed by atoms with E-state index in [2.05, 4.69) is 24.5 Å². The second-order valence-corrected chi connectivity index (χ2v) is 4.70. The molecule has 17 heavy (non-hydrogen) atoms. The van der Waals surface area contributed by atoms with Crippen molar-refractivity contribution >= 4 is 5.91 Å². The molecule has 0 spiro atoms. The fourth-order valence-corrected chi connectivity index (χ4v) is 1.69. The number of hydrogen-bond acceptors (Lipinski definition) is 3. The predicted octanol–water partition coefficient (Wildman–Crippen LogP) is 1.70. The zero-order chi connectivity index (χ0) is 13.1. The van der Waals surface area contributed by atoms with Crippen LogP contribution in [-0.2, 0) is 9.53 Å². The van der Waals surface area contributed by atoms with E-state index in [0.717, 1.165) is 6.42 Å². The van der Waals surface area contributed by atoms with Crippen LogP contribution >= 0.6 is 0 Å². The Labute approximate surface area is 105 Å². The average Bonchev–Trinajstić information content (AvgIpc) is 2.27. The van der Waals surface area contributed by atoms with E-state index >= 15 is 0 Å². The first-order chi connectivity index (χ1) is 8.10. The van der Waals surface area contributed by atoms with Gasteiger partial charge in [-0.3, -0.25) is 4.79 Å².